The summed E-state index contributed by atoms with van der Waals surface area (Å²) in [4.78, 5) is 4.05. The van der Waals surface area contributed by atoms with Crippen LogP contribution in [-0.4, -0.2) is 16.7 Å². The number of hydrogen-bond acceptors (Lipinski definition) is 5. The van der Waals surface area contributed by atoms with Crippen molar-refractivity contribution in [3.8, 4) is 6.07 Å². The van der Waals surface area contributed by atoms with Crippen LogP contribution in [-0.2, 0) is 10.3 Å². The molecule has 2 rings (SSSR count). The highest BCUT2D eigenvalue weighted by Crippen LogP contribution is 2.37. The SMILES string of the molecule is CC(C)COC1(c2ncno2)C=CC=CC1C#N. The van der Waals surface area contributed by atoms with Crippen LogP contribution in [0.3, 0.4) is 0 Å². The van der Waals surface area contributed by atoms with Gasteiger partial charge < -0.3 is 9.26 Å². The normalized spacial score (nSPS) is 26.4. The maximum Gasteiger partial charge on any atom is 0.264 e. The maximum absolute atomic E-state index is 9.29. The molecule has 1 aromatic heterocycles. The van der Waals surface area contributed by atoms with Crippen LogP contribution in [0.5, 0.6) is 0 Å². The number of nitrogens with zero attached hydrogens (tertiary/aromatic N) is 3. The summed E-state index contributed by atoms with van der Waals surface area (Å²) in [6.45, 7) is 4.61. The minimum Gasteiger partial charge on any atom is -0.359 e. The summed E-state index contributed by atoms with van der Waals surface area (Å²) in [6, 6.07) is 2.22. The van der Waals surface area contributed by atoms with Gasteiger partial charge in [-0.2, -0.15) is 10.2 Å². The van der Waals surface area contributed by atoms with Crippen molar-refractivity contribution in [2.45, 2.75) is 19.4 Å². The minimum absolute atomic E-state index is 0.315. The molecule has 0 aromatic carbocycles. The highest BCUT2D eigenvalue weighted by Gasteiger charge is 2.44. The molecule has 1 aliphatic carbocycles. The molecule has 0 saturated heterocycles. The fraction of sp³-hybridized carbons (Fsp3) is 0.462. The second-order valence-corrected chi connectivity index (χ2v) is 4.60. The van der Waals surface area contributed by atoms with Gasteiger partial charge in [0.15, 0.2) is 11.9 Å². The lowest BCUT2D eigenvalue weighted by molar-refractivity contribution is -0.0624. The van der Waals surface area contributed by atoms with Crippen LogP contribution in [0.2, 0.25) is 0 Å². The minimum atomic E-state index is -0.968. The van der Waals surface area contributed by atoms with E-state index in [2.05, 4.69) is 16.2 Å². The molecule has 0 radical (unpaired) electrons. The first-order valence-corrected chi connectivity index (χ1v) is 5.86. The van der Waals surface area contributed by atoms with Crippen molar-refractivity contribution in [3.05, 3.63) is 36.5 Å². The van der Waals surface area contributed by atoms with Crippen molar-refractivity contribution in [2.24, 2.45) is 11.8 Å². The first-order valence-electron chi connectivity index (χ1n) is 5.86. The van der Waals surface area contributed by atoms with Gasteiger partial charge in [0, 0.05) is 0 Å². The highest BCUT2D eigenvalue weighted by molar-refractivity contribution is 5.30. The van der Waals surface area contributed by atoms with E-state index in [1.165, 1.54) is 6.33 Å². The molecule has 0 N–H and O–H groups in total. The van der Waals surface area contributed by atoms with Crippen LogP contribution in [0.15, 0.2) is 35.2 Å². The molecule has 2 atom stereocenters. The Morgan fingerprint density at radius 3 is 3.00 bits per heavy atom. The summed E-state index contributed by atoms with van der Waals surface area (Å²) in [5.41, 5.74) is -0.968. The maximum atomic E-state index is 9.29. The van der Waals surface area contributed by atoms with Crippen LogP contribution in [0.4, 0.5) is 0 Å². The number of ether oxygens (including phenoxy) is 1. The third-order valence-corrected chi connectivity index (χ3v) is 2.71. The summed E-state index contributed by atoms with van der Waals surface area (Å²) in [7, 11) is 0. The molecule has 0 amide bonds. The highest BCUT2D eigenvalue weighted by atomic mass is 16.5. The Morgan fingerprint density at radius 2 is 2.39 bits per heavy atom. The van der Waals surface area contributed by atoms with Gasteiger partial charge in [-0.25, -0.2) is 0 Å². The van der Waals surface area contributed by atoms with E-state index in [-0.39, 0.29) is 0 Å². The van der Waals surface area contributed by atoms with Gasteiger partial charge in [-0.05, 0) is 12.0 Å². The third kappa shape index (κ3) is 2.20. The Hall–Kier alpha value is -1.93. The Bertz CT molecular complexity index is 485. The zero-order valence-corrected chi connectivity index (χ0v) is 10.4. The number of rotatable bonds is 4. The molecule has 0 saturated carbocycles. The Morgan fingerprint density at radius 1 is 1.56 bits per heavy atom. The van der Waals surface area contributed by atoms with Gasteiger partial charge in [0.2, 0.25) is 0 Å². The molecule has 5 nitrogen and oxygen atoms in total. The zero-order valence-electron chi connectivity index (χ0n) is 10.4. The lowest BCUT2D eigenvalue weighted by atomic mass is 9.84. The summed E-state index contributed by atoms with van der Waals surface area (Å²) in [6.07, 6.45) is 8.55. The van der Waals surface area contributed by atoms with Gasteiger partial charge in [0.1, 0.15) is 5.92 Å². The van der Waals surface area contributed by atoms with Gasteiger partial charge in [-0.3, -0.25) is 0 Å². The van der Waals surface area contributed by atoms with Gasteiger partial charge in [-0.15, -0.1) is 0 Å². The largest absolute Gasteiger partial charge is 0.359 e. The number of aromatic nitrogens is 2. The molecule has 0 spiro atoms. The molecular formula is C13H15N3O2. The van der Waals surface area contributed by atoms with Gasteiger partial charge in [0.25, 0.3) is 5.89 Å². The van der Waals surface area contributed by atoms with Crippen molar-refractivity contribution >= 4 is 0 Å². The molecular weight excluding hydrogens is 230 g/mol. The lowest BCUT2D eigenvalue weighted by Crippen LogP contribution is -2.37. The molecule has 1 heterocycles. The van der Waals surface area contributed by atoms with Crippen molar-refractivity contribution in [3.63, 3.8) is 0 Å². The van der Waals surface area contributed by atoms with Gasteiger partial charge in [-0.1, -0.05) is 37.2 Å². The van der Waals surface area contributed by atoms with Crippen LogP contribution in [0.25, 0.3) is 0 Å². The Balaban J connectivity index is 2.37. The fourth-order valence-electron chi connectivity index (χ4n) is 1.81. The molecule has 18 heavy (non-hydrogen) atoms. The predicted molar refractivity (Wildman–Crippen MR) is 64.1 cm³/mol. The second-order valence-electron chi connectivity index (χ2n) is 4.60. The molecule has 0 bridgehead atoms. The fourth-order valence-corrected chi connectivity index (χ4v) is 1.81. The number of hydrogen-bond donors (Lipinski definition) is 0. The number of nitriles is 1. The molecule has 0 fully saturated rings. The lowest BCUT2D eigenvalue weighted by Gasteiger charge is -2.32. The van der Waals surface area contributed by atoms with E-state index in [9.17, 15) is 5.26 Å². The Labute approximate surface area is 106 Å². The third-order valence-electron chi connectivity index (χ3n) is 2.71. The quantitative estimate of drug-likeness (QED) is 0.813. The van der Waals surface area contributed by atoms with Crippen molar-refractivity contribution < 1.29 is 9.26 Å². The number of allylic oxidation sites excluding steroid dienone is 2. The average Bonchev–Trinajstić information content (AvgIpc) is 2.90. The van der Waals surface area contributed by atoms with Gasteiger partial charge in [0.05, 0.1) is 12.7 Å². The van der Waals surface area contributed by atoms with Crippen LogP contribution in [0.1, 0.15) is 19.7 Å². The van der Waals surface area contributed by atoms with E-state index < -0.39 is 11.5 Å². The van der Waals surface area contributed by atoms with E-state index >= 15 is 0 Å². The molecule has 1 aromatic rings. The van der Waals surface area contributed by atoms with E-state index in [4.69, 9.17) is 9.26 Å². The van der Waals surface area contributed by atoms with Crippen LogP contribution < -0.4 is 0 Å². The molecule has 1 aliphatic rings. The zero-order chi connectivity index (χ0) is 13.0. The second kappa shape index (κ2) is 5.15. The topological polar surface area (TPSA) is 71.9 Å². The van der Waals surface area contributed by atoms with Crippen LogP contribution in [0, 0.1) is 23.2 Å². The van der Waals surface area contributed by atoms with Crippen molar-refractivity contribution in [2.75, 3.05) is 6.61 Å². The average molecular weight is 245 g/mol. The molecule has 94 valence electrons. The predicted octanol–water partition coefficient (Wildman–Crippen LogP) is 2.20. The van der Waals surface area contributed by atoms with E-state index in [1.807, 2.05) is 26.0 Å². The molecule has 2 unspecified atom stereocenters. The summed E-state index contributed by atoms with van der Waals surface area (Å²) in [5, 5.41) is 12.9. The monoisotopic (exact) mass is 245 g/mol. The van der Waals surface area contributed by atoms with E-state index in [1.54, 1.807) is 12.2 Å². The standard InChI is InChI=1S/C13H15N3O2/c1-10(2)8-17-13(12-15-9-16-18-12)6-4-3-5-11(13)7-14/h3-6,9-11H,8H2,1-2H3. The summed E-state index contributed by atoms with van der Waals surface area (Å²) >= 11 is 0. The van der Waals surface area contributed by atoms with Gasteiger partial charge >= 0.3 is 0 Å². The first kappa shape index (κ1) is 12.5. The summed E-state index contributed by atoms with van der Waals surface area (Å²) in [5.74, 6) is 0.195. The van der Waals surface area contributed by atoms with E-state index in [0.717, 1.165) is 0 Å². The van der Waals surface area contributed by atoms with Crippen LogP contribution >= 0.6 is 0 Å². The van der Waals surface area contributed by atoms with Crippen molar-refractivity contribution in [1.82, 2.24) is 10.1 Å². The summed E-state index contributed by atoms with van der Waals surface area (Å²) < 4.78 is 11.0. The molecule has 5 heteroatoms. The first-order chi connectivity index (χ1) is 8.69. The molecule has 0 aliphatic heterocycles. The smallest absolute Gasteiger partial charge is 0.264 e. The van der Waals surface area contributed by atoms with E-state index in [0.29, 0.717) is 18.4 Å². The van der Waals surface area contributed by atoms with Crippen molar-refractivity contribution in [1.29, 1.82) is 5.26 Å². The Kier molecular flexibility index (Phi) is 3.58.